The van der Waals surface area contributed by atoms with E-state index in [2.05, 4.69) is 26.1 Å². The van der Waals surface area contributed by atoms with Crippen molar-refractivity contribution >= 4 is 17.7 Å². The minimum absolute atomic E-state index is 0.0563. The van der Waals surface area contributed by atoms with Crippen molar-refractivity contribution in [2.45, 2.75) is 38.7 Å². The molecule has 1 fully saturated rings. The number of methoxy groups -OCH3 is 1. The zero-order valence-electron chi connectivity index (χ0n) is 17.4. The summed E-state index contributed by atoms with van der Waals surface area (Å²) in [6.07, 6.45) is -0.490. The third-order valence-electron chi connectivity index (χ3n) is 4.97. The van der Waals surface area contributed by atoms with Gasteiger partial charge in [-0.1, -0.05) is 45.0 Å². The molecular formula is C23H28N2O4. The number of hydrogen-bond acceptors (Lipinski definition) is 4. The molecule has 0 aromatic heterocycles. The fraction of sp³-hybridized carbons (Fsp3) is 0.391. The molecule has 6 nitrogen and oxygen atoms in total. The summed E-state index contributed by atoms with van der Waals surface area (Å²) < 4.78 is 10.5. The van der Waals surface area contributed by atoms with Gasteiger partial charge in [0.1, 0.15) is 11.9 Å². The van der Waals surface area contributed by atoms with Crippen molar-refractivity contribution in [3.8, 4) is 5.75 Å². The van der Waals surface area contributed by atoms with E-state index in [0.29, 0.717) is 6.54 Å². The van der Waals surface area contributed by atoms with Gasteiger partial charge in [0, 0.05) is 5.69 Å². The number of ether oxygens (including phenoxy) is 2. The van der Waals surface area contributed by atoms with Gasteiger partial charge in [0.05, 0.1) is 26.6 Å². The Labute approximate surface area is 171 Å². The molecule has 29 heavy (non-hydrogen) atoms. The van der Waals surface area contributed by atoms with Gasteiger partial charge in [0.15, 0.2) is 0 Å². The van der Waals surface area contributed by atoms with E-state index in [9.17, 15) is 9.59 Å². The van der Waals surface area contributed by atoms with Crippen LogP contribution in [0.2, 0.25) is 0 Å². The molecule has 0 aliphatic carbocycles. The van der Waals surface area contributed by atoms with E-state index in [-0.39, 0.29) is 36.5 Å². The Kier molecular flexibility index (Phi) is 6.11. The standard InChI is InChI=1S/C23H28N2O4/c1-23(2,3)17-7-9-18(10-8-17)25-15-20(29-22(25)27)14-24-21(26)13-16-5-11-19(28-4)12-6-16/h5-12,20H,13-15H2,1-4H3,(H,24,26). The summed E-state index contributed by atoms with van der Waals surface area (Å²) in [6.45, 7) is 7.15. The molecule has 2 amide bonds. The van der Waals surface area contributed by atoms with Crippen LogP contribution in [0, 0.1) is 0 Å². The molecular weight excluding hydrogens is 368 g/mol. The zero-order chi connectivity index (χ0) is 21.0. The first-order chi connectivity index (χ1) is 13.8. The SMILES string of the molecule is COc1ccc(CC(=O)NCC2CN(c3ccc(C(C)(C)C)cc3)C(=O)O2)cc1. The molecule has 1 N–H and O–H groups in total. The third-order valence-corrected chi connectivity index (χ3v) is 4.97. The van der Waals surface area contributed by atoms with E-state index in [1.54, 1.807) is 12.0 Å². The van der Waals surface area contributed by atoms with Gasteiger partial charge in [-0.2, -0.15) is 0 Å². The summed E-state index contributed by atoms with van der Waals surface area (Å²) in [5.41, 5.74) is 2.96. The van der Waals surface area contributed by atoms with E-state index in [4.69, 9.17) is 9.47 Å². The van der Waals surface area contributed by atoms with E-state index in [1.165, 1.54) is 5.56 Å². The van der Waals surface area contributed by atoms with Crippen molar-refractivity contribution in [1.82, 2.24) is 5.32 Å². The number of amides is 2. The lowest BCUT2D eigenvalue weighted by Gasteiger charge is -2.20. The molecule has 6 heteroatoms. The molecule has 1 aliphatic rings. The predicted octanol–water partition coefficient (Wildman–Crippen LogP) is 3.68. The summed E-state index contributed by atoms with van der Waals surface area (Å²) in [6, 6.07) is 15.3. The van der Waals surface area contributed by atoms with Crippen molar-refractivity contribution in [3.63, 3.8) is 0 Å². The van der Waals surface area contributed by atoms with Crippen LogP contribution in [0.1, 0.15) is 31.9 Å². The lowest BCUT2D eigenvalue weighted by molar-refractivity contribution is -0.120. The quantitative estimate of drug-likeness (QED) is 0.809. The van der Waals surface area contributed by atoms with E-state index in [0.717, 1.165) is 17.0 Å². The maximum atomic E-state index is 12.2. The highest BCUT2D eigenvalue weighted by Crippen LogP contribution is 2.27. The van der Waals surface area contributed by atoms with Crippen LogP contribution in [-0.2, 0) is 21.4 Å². The van der Waals surface area contributed by atoms with Crippen molar-refractivity contribution in [1.29, 1.82) is 0 Å². The molecule has 154 valence electrons. The zero-order valence-corrected chi connectivity index (χ0v) is 17.4. The van der Waals surface area contributed by atoms with Gasteiger partial charge < -0.3 is 14.8 Å². The first-order valence-corrected chi connectivity index (χ1v) is 9.74. The van der Waals surface area contributed by atoms with Crippen LogP contribution in [-0.4, -0.2) is 38.3 Å². The Morgan fingerprint density at radius 2 is 1.79 bits per heavy atom. The largest absolute Gasteiger partial charge is 0.497 e. The second-order valence-corrected chi connectivity index (χ2v) is 8.24. The van der Waals surface area contributed by atoms with Gasteiger partial charge in [-0.3, -0.25) is 9.69 Å². The Morgan fingerprint density at radius 3 is 2.38 bits per heavy atom. The van der Waals surface area contributed by atoms with Gasteiger partial charge in [-0.25, -0.2) is 4.79 Å². The monoisotopic (exact) mass is 396 g/mol. The fourth-order valence-electron chi connectivity index (χ4n) is 3.20. The second-order valence-electron chi connectivity index (χ2n) is 8.24. The van der Waals surface area contributed by atoms with Crippen molar-refractivity contribution in [2.24, 2.45) is 0 Å². The highest BCUT2D eigenvalue weighted by atomic mass is 16.6. The van der Waals surface area contributed by atoms with Crippen LogP contribution in [0.25, 0.3) is 0 Å². The minimum Gasteiger partial charge on any atom is -0.497 e. The van der Waals surface area contributed by atoms with Crippen LogP contribution in [0.3, 0.4) is 0 Å². The Morgan fingerprint density at radius 1 is 1.14 bits per heavy atom. The topological polar surface area (TPSA) is 67.9 Å². The normalized spacial score (nSPS) is 16.5. The van der Waals surface area contributed by atoms with Crippen molar-refractivity contribution in [3.05, 3.63) is 59.7 Å². The van der Waals surface area contributed by atoms with Gasteiger partial charge >= 0.3 is 6.09 Å². The van der Waals surface area contributed by atoms with Crippen LogP contribution in [0.4, 0.5) is 10.5 Å². The van der Waals surface area contributed by atoms with Crippen LogP contribution >= 0.6 is 0 Å². The Bertz CT molecular complexity index is 854. The molecule has 0 saturated carbocycles. The molecule has 2 aromatic rings. The summed E-state index contributed by atoms with van der Waals surface area (Å²) >= 11 is 0. The third kappa shape index (κ3) is 5.28. The lowest BCUT2D eigenvalue weighted by Crippen LogP contribution is -2.35. The number of cyclic esters (lactones) is 1. The summed E-state index contributed by atoms with van der Waals surface area (Å²) in [7, 11) is 1.60. The fourth-order valence-corrected chi connectivity index (χ4v) is 3.20. The minimum atomic E-state index is -0.386. The molecule has 3 rings (SSSR count). The van der Waals surface area contributed by atoms with Gasteiger partial charge in [-0.15, -0.1) is 0 Å². The number of nitrogens with zero attached hydrogens (tertiary/aromatic N) is 1. The van der Waals surface area contributed by atoms with E-state index < -0.39 is 0 Å². The van der Waals surface area contributed by atoms with Crippen LogP contribution in [0.15, 0.2) is 48.5 Å². The molecule has 0 spiro atoms. The Hall–Kier alpha value is -3.02. The van der Waals surface area contributed by atoms with E-state index in [1.807, 2.05) is 48.5 Å². The number of carbonyl (C=O) groups is 2. The van der Waals surface area contributed by atoms with Gasteiger partial charge in [-0.05, 0) is 40.8 Å². The summed E-state index contributed by atoms with van der Waals surface area (Å²) in [5.74, 6) is 0.641. The van der Waals surface area contributed by atoms with Crippen LogP contribution < -0.4 is 15.0 Å². The predicted molar refractivity (Wildman–Crippen MR) is 112 cm³/mol. The van der Waals surface area contributed by atoms with Gasteiger partial charge in [0.25, 0.3) is 0 Å². The highest BCUT2D eigenvalue weighted by molar-refractivity contribution is 5.89. The molecule has 0 bridgehead atoms. The van der Waals surface area contributed by atoms with Gasteiger partial charge in [0.2, 0.25) is 5.91 Å². The number of benzene rings is 2. The highest BCUT2D eigenvalue weighted by Gasteiger charge is 2.32. The molecule has 1 saturated heterocycles. The maximum absolute atomic E-state index is 12.2. The van der Waals surface area contributed by atoms with Crippen molar-refractivity contribution in [2.75, 3.05) is 25.1 Å². The number of anilines is 1. The average molecular weight is 396 g/mol. The molecule has 1 atom stereocenters. The van der Waals surface area contributed by atoms with Crippen molar-refractivity contribution < 1.29 is 19.1 Å². The maximum Gasteiger partial charge on any atom is 0.414 e. The second kappa shape index (κ2) is 8.55. The first kappa shape index (κ1) is 20.7. The smallest absolute Gasteiger partial charge is 0.414 e. The van der Waals surface area contributed by atoms with E-state index >= 15 is 0 Å². The first-order valence-electron chi connectivity index (χ1n) is 9.74. The Balaban J connectivity index is 1.51. The molecule has 1 unspecified atom stereocenters. The molecule has 1 aliphatic heterocycles. The summed E-state index contributed by atoms with van der Waals surface area (Å²) in [5, 5.41) is 2.85. The molecule has 0 radical (unpaired) electrons. The van der Waals surface area contributed by atoms with Crippen LogP contribution in [0.5, 0.6) is 5.75 Å². The molecule has 2 aromatic carbocycles. The molecule has 1 heterocycles. The number of hydrogen-bond donors (Lipinski definition) is 1. The average Bonchev–Trinajstić information content (AvgIpc) is 3.07. The lowest BCUT2D eigenvalue weighted by atomic mass is 9.87. The number of rotatable bonds is 6. The number of carbonyl (C=O) groups excluding carboxylic acids is 2. The number of nitrogens with one attached hydrogen (secondary N) is 1. The summed E-state index contributed by atoms with van der Waals surface area (Å²) in [4.78, 5) is 26.0.